The fraction of sp³-hybridized carbons (Fsp3) is 0.385. The number of carbonyl (C=O) groups excluding carboxylic acids is 1. The molecule has 6 heteroatoms. The molecule has 104 valence electrons. The molecule has 0 bridgehead atoms. The third kappa shape index (κ3) is 2.89. The van der Waals surface area contributed by atoms with E-state index in [1.54, 1.807) is 0 Å². The highest BCUT2D eigenvalue weighted by atomic mass is 79.9. The van der Waals surface area contributed by atoms with Crippen LogP contribution in [0.1, 0.15) is 35.7 Å². The van der Waals surface area contributed by atoms with E-state index in [9.17, 15) is 9.59 Å². The number of halogens is 1. The standard InChI is InChI=1S/C13H15BrO5/c1-6(2)9-7(10(15)13(16)17)5-8(14)11(18-3)12(9)19-4/h5-6H,1-4H3,(H,16,17). The van der Waals surface area contributed by atoms with Crippen LogP contribution < -0.4 is 9.47 Å². The Morgan fingerprint density at radius 2 is 1.74 bits per heavy atom. The van der Waals surface area contributed by atoms with E-state index < -0.39 is 11.8 Å². The highest BCUT2D eigenvalue weighted by molar-refractivity contribution is 9.10. The van der Waals surface area contributed by atoms with Crippen molar-refractivity contribution >= 4 is 27.7 Å². The van der Waals surface area contributed by atoms with E-state index in [0.29, 0.717) is 21.5 Å². The smallest absolute Gasteiger partial charge is 0.377 e. The molecule has 0 aromatic heterocycles. The summed E-state index contributed by atoms with van der Waals surface area (Å²) in [6.45, 7) is 3.70. The quantitative estimate of drug-likeness (QED) is 0.663. The third-order valence-corrected chi connectivity index (χ3v) is 3.24. The zero-order valence-corrected chi connectivity index (χ0v) is 12.7. The Bertz CT molecular complexity index is 522. The number of carboxylic acid groups (broad SMARTS) is 1. The van der Waals surface area contributed by atoms with Gasteiger partial charge in [-0.05, 0) is 27.9 Å². The van der Waals surface area contributed by atoms with Gasteiger partial charge in [-0.1, -0.05) is 13.8 Å². The maximum atomic E-state index is 11.8. The van der Waals surface area contributed by atoms with Gasteiger partial charge in [0.15, 0.2) is 11.5 Å². The van der Waals surface area contributed by atoms with E-state index in [4.69, 9.17) is 14.6 Å². The zero-order chi connectivity index (χ0) is 14.7. The predicted octanol–water partition coefficient (Wildman–Crippen LogP) is 2.86. The molecule has 0 heterocycles. The van der Waals surface area contributed by atoms with Crippen molar-refractivity contribution < 1.29 is 24.2 Å². The lowest BCUT2D eigenvalue weighted by molar-refractivity contribution is -0.131. The number of carbonyl (C=O) groups is 2. The lowest BCUT2D eigenvalue weighted by atomic mass is 9.93. The maximum absolute atomic E-state index is 11.8. The van der Waals surface area contributed by atoms with Gasteiger partial charge in [-0.25, -0.2) is 4.79 Å². The number of ketones is 1. The van der Waals surface area contributed by atoms with Crippen LogP contribution >= 0.6 is 15.9 Å². The van der Waals surface area contributed by atoms with E-state index in [1.165, 1.54) is 20.3 Å². The molecule has 1 N–H and O–H groups in total. The number of aliphatic carboxylic acids is 1. The summed E-state index contributed by atoms with van der Waals surface area (Å²) in [5.74, 6) is -1.74. The highest BCUT2D eigenvalue weighted by Crippen LogP contribution is 2.43. The minimum Gasteiger partial charge on any atom is -0.492 e. The fourth-order valence-corrected chi connectivity index (χ4v) is 2.46. The second kappa shape index (κ2) is 6.06. The monoisotopic (exact) mass is 330 g/mol. The van der Waals surface area contributed by atoms with Gasteiger partial charge in [0.2, 0.25) is 0 Å². The van der Waals surface area contributed by atoms with Crippen molar-refractivity contribution in [3.05, 3.63) is 21.7 Å². The average molecular weight is 331 g/mol. The third-order valence-electron chi connectivity index (χ3n) is 2.65. The number of benzene rings is 1. The van der Waals surface area contributed by atoms with E-state index in [-0.39, 0.29) is 11.5 Å². The second-order valence-corrected chi connectivity index (χ2v) is 5.03. The van der Waals surface area contributed by atoms with Gasteiger partial charge >= 0.3 is 5.97 Å². The highest BCUT2D eigenvalue weighted by Gasteiger charge is 2.27. The number of Topliss-reactive ketones (excluding diaryl/α,β-unsaturated/α-hetero) is 1. The summed E-state index contributed by atoms with van der Waals surface area (Å²) >= 11 is 3.25. The Balaban J connectivity index is 3.69. The minimum absolute atomic E-state index is 0.0877. The summed E-state index contributed by atoms with van der Waals surface area (Å²) in [7, 11) is 2.93. The van der Waals surface area contributed by atoms with Crippen LogP contribution in [0.5, 0.6) is 11.5 Å². The molecule has 1 rings (SSSR count). The Labute approximate surface area is 119 Å². The van der Waals surface area contributed by atoms with Gasteiger partial charge in [0, 0.05) is 11.1 Å². The van der Waals surface area contributed by atoms with Gasteiger partial charge in [-0.15, -0.1) is 0 Å². The summed E-state index contributed by atoms with van der Waals surface area (Å²) in [5.41, 5.74) is 0.627. The van der Waals surface area contributed by atoms with Crippen LogP contribution in [0.15, 0.2) is 10.5 Å². The first-order valence-corrected chi connectivity index (χ1v) is 6.36. The summed E-state index contributed by atoms with van der Waals surface area (Å²) in [4.78, 5) is 22.7. The van der Waals surface area contributed by atoms with Crippen molar-refractivity contribution in [3.63, 3.8) is 0 Å². The number of methoxy groups -OCH3 is 2. The number of hydrogen-bond donors (Lipinski definition) is 1. The molecule has 0 atom stereocenters. The molecule has 0 fully saturated rings. The normalized spacial score (nSPS) is 10.4. The van der Waals surface area contributed by atoms with Crippen LogP contribution in [-0.4, -0.2) is 31.1 Å². The molecule has 0 unspecified atom stereocenters. The fourth-order valence-electron chi connectivity index (χ4n) is 1.89. The van der Waals surface area contributed by atoms with Gasteiger partial charge in [-0.2, -0.15) is 0 Å². The lowest BCUT2D eigenvalue weighted by Gasteiger charge is -2.19. The predicted molar refractivity (Wildman–Crippen MR) is 73.3 cm³/mol. The number of rotatable bonds is 5. The molecule has 0 saturated heterocycles. The molecular weight excluding hydrogens is 316 g/mol. The SMILES string of the molecule is COc1c(Br)cc(C(=O)C(=O)O)c(C(C)C)c1OC. The van der Waals surface area contributed by atoms with E-state index in [2.05, 4.69) is 15.9 Å². The molecule has 0 amide bonds. The van der Waals surface area contributed by atoms with Crippen LogP contribution in [0.2, 0.25) is 0 Å². The summed E-state index contributed by atoms with van der Waals surface area (Å²) in [5, 5.41) is 8.89. The molecule has 0 aliphatic carbocycles. The molecule has 0 radical (unpaired) electrons. The second-order valence-electron chi connectivity index (χ2n) is 4.18. The number of hydrogen-bond acceptors (Lipinski definition) is 4. The minimum atomic E-state index is -1.50. The van der Waals surface area contributed by atoms with Gasteiger partial charge in [0.25, 0.3) is 5.78 Å². The van der Waals surface area contributed by atoms with E-state index >= 15 is 0 Å². The van der Waals surface area contributed by atoms with Crippen molar-refractivity contribution in [3.8, 4) is 11.5 Å². The van der Waals surface area contributed by atoms with Crippen molar-refractivity contribution in [2.75, 3.05) is 14.2 Å². The Kier molecular flexibility index (Phi) is 4.94. The summed E-state index contributed by atoms with van der Waals surface area (Å²) < 4.78 is 11.0. The molecule has 5 nitrogen and oxygen atoms in total. The lowest BCUT2D eigenvalue weighted by Crippen LogP contribution is -2.16. The van der Waals surface area contributed by atoms with E-state index in [0.717, 1.165) is 0 Å². The van der Waals surface area contributed by atoms with Gasteiger partial charge in [0.05, 0.1) is 18.7 Å². The van der Waals surface area contributed by atoms with Crippen molar-refractivity contribution in [1.29, 1.82) is 0 Å². The van der Waals surface area contributed by atoms with Gasteiger partial charge in [0.1, 0.15) is 0 Å². The summed E-state index contributed by atoms with van der Waals surface area (Å²) in [6.07, 6.45) is 0. The largest absolute Gasteiger partial charge is 0.492 e. The maximum Gasteiger partial charge on any atom is 0.377 e. The summed E-state index contributed by atoms with van der Waals surface area (Å²) in [6, 6.07) is 1.45. The molecule has 1 aromatic rings. The first kappa shape index (κ1) is 15.5. The van der Waals surface area contributed by atoms with Crippen LogP contribution in [-0.2, 0) is 4.79 Å². The van der Waals surface area contributed by atoms with Crippen molar-refractivity contribution in [2.24, 2.45) is 0 Å². The first-order chi connectivity index (χ1) is 8.84. The zero-order valence-electron chi connectivity index (χ0n) is 11.1. The van der Waals surface area contributed by atoms with Crippen LogP contribution in [0, 0.1) is 0 Å². The van der Waals surface area contributed by atoms with E-state index in [1.807, 2.05) is 13.8 Å². The van der Waals surface area contributed by atoms with Crippen LogP contribution in [0.4, 0.5) is 0 Å². The molecule has 19 heavy (non-hydrogen) atoms. The first-order valence-electron chi connectivity index (χ1n) is 5.57. The average Bonchev–Trinajstić information content (AvgIpc) is 2.35. The molecule has 0 saturated carbocycles. The Morgan fingerprint density at radius 3 is 2.11 bits per heavy atom. The number of ether oxygens (including phenoxy) is 2. The molecule has 0 aliphatic rings. The topological polar surface area (TPSA) is 72.8 Å². The number of carboxylic acids is 1. The molecule has 0 aliphatic heterocycles. The Morgan fingerprint density at radius 1 is 1.21 bits per heavy atom. The Hall–Kier alpha value is -1.56. The molecule has 1 aromatic carbocycles. The van der Waals surface area contributed by atoms with Gasteiger partial charge in [-0.3, -0.25) is 4.79 Å². The van der Waals surface area contributed by atoms with Crippen LogP contribution in [0.3, 0.4) is 0 Å². The van der Waals surface area contributed by atoms with Crippen molar-refractivity contribution in [2.45, 2.75) is 19.8 Å². The van der Waals surface area contributed by atoms with Gasteiger partial charge < -0.3 is 14.6 Å². The van der Waals surface area contributed by atoms with Crippen molar-refractivity contribution in [1.82, 2.24) is 0 Å². The molecular formula is C13H15BrO5. The molecule has 0 spiro atoms. The van der Waals surface area contributed by atoms with Crippen LogP contribution in [0.25, 0.3) is 0 Å².